The van der Waals surface area contributed by atoms with Gasteiger partial charge in [-0.15, -0.1) is 0 Å². The van der Waals surface area contributed by atoms with Crippen LogP contribution in [0.1, 0.15) is 35.1 Å². The highest BCUT2D eigenvalue weighted by atomic mass is 32.2. The van der Waals surface area contributed by atoms with Crippen molar-refractivity contribution in [2.24, 2.45) is 0 Å². The molecule has 0 radical (unpaired) electrons. The first kappa shape index (κ1) is 24.7. The maximum Gasteiger partial charge on any atom is 0.270 e. The molecule has 2 N–H and O–H groups in total. The third kappa shape index (κ3) is 5.03. The molecule has 0 bridgehead atoms. The quantitative estimate of drug-likeness (QED) is 0.543. The Morgan fingerprint density at radius 2 is 1.77 bits per heavy atom. The van der Waals surface area contributed by atoms with Gasteiger partial charge in [0.15, 0.2) is 0 Å². The van der Waals surface area contributed by atoms with Crippen molar-refractivity contribution in [3.63, 3.8) is 0 Å². The third-order valence-corrected chi connectivity index (χ3v) is 7.80. The molecule has 1 amide bonds. The normalized spacial score (nSPS) is 13.4. The Labute approximate surface area is 203 Å². The largest absolute Gasteiger partial charge is 0.324 e. The van der Waals surface area contributed by atoms with E-state index in [-0.39, 0.29) is 17.0 Å². The number of nitrogens with zero attached hydrogens (tertiary/aromatic N) is 2. The highest BCUT2D eigenvalue weighted by molar-refractivity contribution is 7.89. The molecule has 4 rings (SSSR count). The number of amides is 1. The first-order valence-electron chi connectivity index (χ1n) is 11.3. The summed E-state index contributed by atoms with van der Waals surface area (Å²) in [6.07, 6.45) is 2.95. The number of rotatable bonds is 6. The first-order valence-corrected chi connectivity index (χ1v) is 12.8. The molecule has 1 heterocycles. The fraction of sp³-hybridized carbons (Fsp3) is 0.320. The number of sulfonamides is 1. The Bertz CT molecular complexity index is 1480. The fourth-order valence-electron chi connectivity index (χ4n) is 4.36. The van der Waals surface area contributed by atoms with Gasteiger partial charge in [0.25, 0.3) is 5.56 Å². The molecule has 0 saturated carbocycles. The Balaban J connectivity index is 1.77. The molecular weight excluding hydrogens is 471 g/mol. The average molecular weight is 499 g/mol. The lowest BCUT2D eigenvalue weighted by Gasteiger charge is -2.21. The van der Waals surface area contributed by atoms with Crippen LogP contribution in [0.2, 0.25) is 0 Å². The molecule has 0 saturated heterocycles. The number of carbonyl (C=O) groups excluding carboxylic acids is 1. The summed E-state index contributed by atoms with van der Waals surface area (Å²) in [4.78, 5) is 26.1. The third-order valence-electron chi connectivity index (χ3n) is 6.24. The number of benzene rings is 2. The Morgan fingerprint density at radius 1 is 1.06 bits per heavy atom. The Morgan fingerprint density at radius 3 is 2.46 bits per heavy atom. The minimum atomic E-state index is -3.70. The first-order chi connectivity index (χ1) is 16.6. The molecule has 184 valence electrons. The van der Waals surface area contributed by atoms with Crippen LogP contribution in [0.3, 0.4) is 0 Å². The van der Waals surface area contributed by atoms with E-state index in [4.69, 9.17) is 0 Å². The monoisotopic (exact) mass is 498 g/mol. The zero-order valence-electron chi connectivity index (χ0n) is 19.8. The maximum absolute atomic E-state index is 13.4. The van der Waals surface area contributed by atoms with Crippen LogP contribution in [-0.4, -0.2) is 31.2 Å². The van der Waals surface area contributed by atoms with Gasteiger partial charge in [0, 0.05) is 16.8 Å². The molecule has 0 unspecified atom stereocenters. The van der Waals surface area contributed by atoms with Crippen molar-refractivity contribution in [3.05, 3.63) is 74.8 Å². The van der Waals surface area contributed by atoms with E-state index >= 15 is 0 Å². The summed E-state index contributed by atoms with van der Waals surface area (Å²) in [5.41, 5.74) is 3.72. The second kappa shape index (κ2) is 9.71. The average Bonchev–Trinajstić information content (AvgIpc) is 2.83. The minimum Gasteiger partial charge on any atom is -0.324 e. The molecule has 8 nitrogen and oxygen atoms in total. The lowest BCUT2D eigenvalue weighted by molar-refractivity contribution is -0.117. The van der Waals surface area contributed by atoms with Crippen LogP contribution in [0.25, 0.3) is 11.3 Å². The molecule has 2 aromatic carbocycles. The van der Waals surface area contributed by atoms with Crippen molar-refractivity contribution in [2.75, 3.05) is 12.4 Å². The summed E-state index contributed by atoms with van der Waals surface area (Å²) < 4.78 is 41.9. The molecule has 0 fully saturated rings. The predicted molar refractivity (Wildman–Crippen MR) is 131 cm³/mol. The van der Waals surface area contributed by atoms with Gasteiger partial charge in [-0.1, -0.05) is 12.1 Å². The van der Waals surface area contributed by atoms with Crippen molar-refractivity contribution in [2.45, 2.75) is 51.0 Å². The molecule has 0 aliphatic heterocycles. The highest BCUT2D eigenvalue weighted by Gasteiger charge is 2.24. The maximum atomic E-state index is 13.4. The number of carbonyl (C=O) groups is 1. The summed E-state index contributed by atoms with van der Waals surface area (Å²) >= 11 is 0. The lowest BCUT2D eigenvalue weighted by Crippen LogP contribution is -2.34. The van der Waals surface area contributed by atoms with Crippen LogP contribution >= 0.6 is 0 Å². The number of nitrogens with one attached hydrogen (secondary N) is 2. The van der Waals surface area contributed by atoms with E-state index < -0.39 is 21.7 Å². The summed E-state index contributed by atoms with van der Waals surface area (Å²) in [6, 6.07) is 9.06. The van der Waals surface area contributed by atoms with Crippen molar-refractivity contribution >= 4 is 21.6 Å². The molecule has 0 spiro atoms. The zero-order chi connectivity index (χ0) is 25.3. The number of anilines is 1. The standard InChI is InChI=1S/C25H27FN4O4S/c1-15-8-9-17(13-22(15)35(33,34)27-3)24-19-6-4-5-7-20(19)25(32)30(29-24)14-23(31)28-21-11-10-18(26)12-16(21)2/h8-13,27H,4-7,14H2,1-3H3,(H,28,31). The molecular formula is C25H27FN4O4S. The van der Waals surface area contributed by atoms with Crippen LogP contribution < -0.4 is 15.6 Å². The van der Waals surface area contributed by atoms with Crippen molar-refractivity contribution in [1.29, 1.82) is 0 Å². The van der Waals surface area contributed by atoms with E-state index in [0.29, 0.717) is 46.5 Å². The van der Waals surface area contributed by atoms with Gasteiger partial charge in [-0.2, -0.15) is 5.10 Å². The highest BCUT2D eigenvalue weighted by Crippen LogP contribution is 2.30. The number of halogens is 1. The number of aromatic nitrogens is 2. The van der Waals surface area contributed by atoms with E-state index in [1.54, 1.807) is 32.0 Å². The van der Waals surface area contributed by atoms with Crippen molar-refractivity contribution in [3.8, 4) is 11.3 Å². The van der Waals surface area contributed by atoms with Gasteiger partial charge in [0.05, 0.1) is 10.6 Å². The van der Waals surface area contributed by atoms with E-state index in [1.807, 2.05) is 0 Å². The van der Waals surface area contributed by atoms with Crippen molar-refractivity contribution < 1.29 is 17.6 Å². The van der Waals surface area contributed by atoms with Crippen LogP contribution in [-0.2, 0) is 34.2 Å². The molecule has 1 aliphatic rings. The molecule has 35 heavy (non-hydrogen) atoms. The van der Waals surface area contributed by atoms with Gasteiger partial charge in [0.2, 0.25) is 15.9 Å². The molecule has 10 heteroatoms. The Hall–Kier alpha value is -3.37. The zero-order valence-corrected chi connectivity index (χ0v) is 20.6. The Kier molecular flexibility index (Phi) is 6.86. The summed E-state index contributed by atoms with van der Waals surface area (Å²) in [5, 5.41) is 7.22. The molecule has 1 aliphatic carbocycles. The van der Waals surface area contributed by atoms with Crippen LogP contribution in [0, 0.1) is 19.7 Å². The van der Waals surface area contributed by atoms with Crippen LogP contribution in [0.15, 0.2) is 46.1 Å². The van der Waals surface area contributed by atoms with E-state index in [9.17, 15) is 22.4 Å². The molecule has 3 aromatic rings. The van der Waals surface area contributed by atoms with E-state index in [1.165, 1.54) is 25.2 Å². The second-order valence-corrected chi connectivity index (χ2v) is 10.5. The van der Waals surface area contributed by atoms with Crippen molar-refractivity contribution in [1.82, 2.24) is 14.5 Å². The topological polar surface area (TPSA) is 110 Å². The van der Waals surface area contributed by atoms with Gasteiger partial charge in [-0.3, -0.25) is 9.59 Å². The number of aryl methyl sites for hydroxylation is 2. The smallest absolute Gasteiger partial charge is 0.270 e. The lowest BCUT2D eigenvalue weighted by atomic mass is 9.89. The van der Waals surface area contributed by atoms with E-state index in [2.05, 4.69) is 15.1 Å². The van der Waals surface area contributed by atoms with Gasteiger partial charge < -0.3 is 5.32 Å². The van der Waals surface area contributed by atoms with Gasteiger partial charge >= 0.3 is 0 Å². The fourth-order valence-corrected chi connectivity index (χ4v) is 5.36. The SMILES string of the molecule is CNS(=O)(=O)c1cc(-c2nn(CC(=O)Nc3ccc(F)cc3C)c(=O)c3c2CCCC3)ccc1C. The summed E-state index contributed by atoms with van der Waals surface area (Å²) in [6.45, 7) is 3.05. The van der Waals surface area contributed by atoms with E-state index in [0.717, 1.165) is 23.1 Å². The van der Waals surface area contributed by atoms with Gasteiger partial charge in [-0.25, -0.2) is 22.2 Å². The minimum absolute atomic E-state index is 0.131. The number of hydrogen-bond acceptors (Lipinski definition) is 5. The number of fused-ring (bicyclic) bond motifs is 1. The summed E-state index contributed by atoms with van der Waals surface area (Å²) in [7, 11) is -2.35. The number of hydrogen-bond donors (Lipinski definition) is 2. The molecule has 0 atom stereocenters. The van der Waals surface area contributed by atoms with Crippen LogP contribution in [0.4, 0.5) is 10.1 Å². The van der Waals surface area contributed by atoms with Gasteiger partial charge in [-0.05, 0) is 87.5 Å². The van der Waals surface area contributed by atoms with Gasteiger partial charge in [0.1, 0.15) is 12.4 Å². The van der Waals surface area contributed by atoms with Crippen LogP contribution in [0.5, 0.6) is 0 Å². The predicted octanol–water partition coefficient (Wildman–Crippen LogP) is 3.09. The molecule has 1 aromatic heterocycles. The second-order valence-electron chi connectivity index (χ2n) is 8.67. The summed E-state index contributed by atoms with van der Waals surface area (Å²) in [5.74, 6) is -0.881.